The molecule has 0 saturated heterocycles. The van der Waals surface area contributed by atoms with Crippen LogP contribution in [-0.2, 0) is 4.79 Å². The van der Waals surface area contributed by atoms with Crippen LogP contribution in [0.5, 0.6) is 11.5 Å². The summed E-state index contributed by atoms with van der Waals surface area (Å²) >= 11 is 1.23. The molecule has 3 amide bonds. The average Bonchev–Trinajstić information content (AvgIpc) is 3.25. The summed E-state index contributed by atoms with van der Waals surface area (Å²) < 4.78 is 5.87. The number of carbonyl (C=O) groups is 3. The van der Waals surface area contributed by atoms with Gasteiger partial charge in [-0.1, -0.05) is 18.2 Å². The first kappa shape index (κ1) is 22.2. The summed E-state index contributed by atoms with van der Waals surface area (Å²) in [5.74, 6) is 1.24. The number of anilines is 3. The Morgan fingerprint density at radius 2 is 1.83 bits per heavy atom. The van der Waals surface area contributed by atoms with Gasteiger partial charge in [0.25, 0.3) is 5.91 Å². The van der Waals surface area contributed by atoms with E-state index in [4.69, 9.17) is 4.74 Å². The largest absolute Gasteiger partial charge is 0.457 e. The first-order chi connectivity index (χ1) is 17.6. The number of nitrogens with zero attached hydrogens (tertiary/aromatic N) is 2. The molecule has 3 heterocycles. The van der Waals surface area contributed by atoms with Gasteiger partial charge in [0.2, 0.25) is 0 Å². The first-order valence-corrected chi connectivity index (χ1v) is 12.6. The summed E-state index contributed by atoms with van der Waals surface area (Å²) in [5.41, 5.74) is 1.77. The Morgan fingerprint density at radius 1 is 1.06 bits per heavy atom. The zero-order valence-corrected chi connectivity index (χ0v) is 20.0. The molecular weight excluding hydrogens is 476 g/mol. The summed E-state index contributed by atoms with van der Waals surface area (Å²) in [6, 6.07) is 17.9. The molecule has 9 heteroatoms. The molecule has 0 radical (unpaired) electrons. The van der Waals surface area contributed by atoms with E-state index in [0.717, 1.165) is 24.0 Å². The Hall–Kier alpha value is -4.24. The van der Waals surface area contributed by atoms with Crippen molar-refractivity contribution in [2.45, 2.75) is 31.7 Å². The Bertz CT molecular complexity index is 1480. The van der Waals surface area contributed by atoms with Crippen LogP contribution < -0.4 is 20.3 Å². The SMILES string of the molecule is O=C1CCC[C@@H](NC(=O)c2sc3nccc4c3c2NC(=O)N4c2ccc(Oc3ccccc3)cc2)C1. The fraction of sp³-hybridized carbons (Fsp3) is 0.185. The van der Waals surface area contributed by atoms with Gasteiger partial charge in [-0.15, -0.1) is 11.3 Å². The molecule has 1 saturated carbocycles. The number of pyridine rings is 1. The molecule has 6 rings (SSSR count). The van der Waals surface area contributed by atoms with E-state index in [9.17, 15) is 14.4 Å². The molecule has 2 aliphatic rings. The van der Waals surface area contributed by atoms with Crippen LogP contribution in [0.15, 0.2) is 66.9 Å². The molecular formula is C27H22N4O4S. The molecule has 1 atom stereocenters. The number of urea groups is 1. The maximum atomic E-state index is 13.3. The van der Waals surface area contributed by atoms with Crippen LogP contribution in [-0.4, -0.2) is 28.7 Å². The van der Waals surface area contributed by atoms with Crippen molar-refractivity contribution in [2.24, 2.45) is 0 Å². The zero-order chi connectivity index (χ0) is 24.6. The van der Waals surface area contributed by atoms with Gasteiger partial charge in [0, 0.05) is 25.1 Å². The number of ketones is 1. The molecule has 36 heavy (non-hydrogen) atoms. The first-order valence-electron chi connectivity index (χ1n) is 11.7. The average molecular weight is 499 g/mol. The molecule has 0 spiro atoms. The summed E-state index contributed by atoms with van der Waals surface area (Å²) in [5, 5.41) is 6.59. The standard InChI is InChI=1S/C27H22N4O4S/c32-18-6-4-5-16(15-18)29-25(33)24-23-22-21(13-14-28-26(22)36-24)31(27(34)30-23)17-9-11-20(12-10-17)35-19-7-2-1-3-8-19/h1-3,7-14,16H,4-6,15H2,(H,29,33)(H,30,34)/t16-/m1/s1. The summed E-state index contributed by atoms with van der Waals surface area (Å²) in [7, 11) is 0. The second-order valence-corrected chi connectivity index (χ2v) is 9.80. The van der Waals surface area contributed by atoms with E-state index < -0.39 is 0 Å². The number of thiophene rings is 1. The van der Waals surface area contributed by atoms with Gasteiger partial charge in [0.1, 0.15) is 27.0 Å². The fourth-order valence-electron chi connectivity index (χ4n) is 4.69. The quantitative estimate of drug-likeness (QED) is 0.351. The number of hydrogen-bond acceptors (Lipinski definition) is 6. The van der Waals surface area contributed by atoms with E-state index >= 15 is 0 Å². The van der Waals surface area contributed by atoms with Crippen molar-refractivity contribution in [3.63, 3.8) is 0 Å². The van der Waals surface area contributed by atoms with Gasteiger partial charge in [-0.05, 0) is 55.3 Å². The minimum atomic E-state index is -0.368. The lowest BCUT2D eigenvalue weighted by Gasteiger charge is -2.28. The van der Waals surface area contributed by atoms with Crippen LogP contribution >= 0.6 is 11.3 Å². The summed E-state index contributed by atoms with van der Waals surface area (Å²) in [4.78, 5) is 45.3. The number of benzene rings is 2. The van der Waals surface area contributed by atoms with E-state index in [0.29, 0.717) is 45.4 Å². The zero-order valence-electron chi connectivity index (χ0n) is 19.2. The highest BCUT2D eigenvalue weighted by atomic mass is 32.1. The Kier molecular flexibility index (Phi) is 5.61. The minimum absolute atomic E-state index is 0.164. The van der Waals surface area contributed by atoms with E-state index in [1.807, 2.05) is 54.6 Å². The molecule has 1 aliphatic carbocycles. The number of nitrogens with one attached hydrogen (secondary N) is 2. The molecule has 2 aromatic carbocycles. The maximum absolute atomic E-state index is 13.3. The lowest BCUT2D eigenvalue weighted by molar-refractivity contribution is -0.120. The molecule has 180 valence electrons. The van der Waals surface area contributed by atoms with Crippen LogP contribution in [0.1, 0.15) is 35.4 Å². The van der Waals surface area contributed by atoms with E-state index in [1.165, 1.54) is 11.3 Å². The van der Waals surface area contributed by atoms with Crippen LogP contribution in [0.4, 0.5) is 21.9 Å². The van der Waals surface area contributed by atoms with Gasteiger partial charge < -0.3 is 15.4 Å². The number of ether oxygens (including phenoxy) is 1. The lowest BCUT2D eigenvalue weighted by Crippen LogP contribution is -2.39. The highest BCUT2D eigenvalue weighted by Gasteiger charge is 2.33. The molecule has 8 nitrogen and oxygen atoms in total. The second-order valence-electron chi connectivity index (χ2n) is 8.80. The van der Waals surface area contributed by atoms with Crippen molar-refractivity contribution in [3.05, 3.63) is 71.7 Å². The fourth-order valence-corrected chi connectivity index (χ4v) is 5.71. The number of aromatic nitrogens is 1. The Balaban J connectivity index is 1.30. The number of rotatable bonds is 5. The summed E-state index contributed by atoms with van der Waals surface area (Å²) in [6.07, 6.45) is 4.09. The van der Waals surface area contributed by atoms with Crippen LogP contribution in [0.25, 0.3) is 10.2 Å². The minimum Gasteiger partial charge on any atom is -0.457 e. The van der Waals surface area contributed by atoms with E-state index in [2.05, 4.69) is 15.6 Å². The molecule has 0 unspecified atom stereocenters. The van der Waals surface area contributed by atoms with Gasteiger partial charge in [-0.25, -0.2) is 9.78 Å². The molecule has 4 aromatic rings. The third kappa shape index (κ3) is 4.07. The molecule has 0 bridgehead atoms. The highest BCUT2D eigenvalue weighted by Crippen LogP contribution is 2.46. The third-order valence-electron chi connectivity index (χ3n) is 6.34. The van der Waals surface area contributed by atoms with Crippen molar-refractivity contribution < 1.29 is 19.1 Å². The van der Waals surface area contributed by atoms with Gasteiger partial charge in [-0.2, -0.15) is 0 Å². The van der Waals surface area contributed by atoms with Crippen LogP contribution in [0.2, 0.25) is 0 Å². The number of hydrogen-bond donors (Lipinski definition) is 2. The van der Waals surface area contributed by atoms with Gasteiger partial charge in [0.05, 0.1) is 22.4 Å². The summed E-state index contributed by atoms with van der Waals surface area (Å²) in [6.45, 7) is 0. The topological polar surface area (TPSA) is 101 Å². The van der Waals surface area contributed by atoms with E-state index in [-0.39, 0.29) is 23.8 Å². The predicted molar refractivity (Wildman–Crippen MR) is 138 cm³/mol. The number of amides is 3. The van der Waals surface area contributed by atoms with Crippen molar-refractivity contribution >= 4 is 56.3 Å². The van der Waals surface area contributed by atoms with Crippen molar-refractivity contribution in [1.29, 1.82) is 0 Å². The van der Waals surface area contributed by atoms with Crippen molar-refractivity contribution in [1.82, 2.24) is 10.3 Å². The molecule has 2 N–H and O–H groups in total. The van der Waals surface area contributed by atoms with Crippen LogP contribution in [0.3, 0.4) is 0 Å². The normalized spacial score (nSPS) is 17.1. The Labute approximate surface area is 210 Å². The Morgan fingerprint density at radius 3 is 2.61 bits per heavy atom. The number of Topliss-reactive ketones (excluding diaryl/α,β-unsaturated/α-hetero) is 1. The maximum Gasteiger partial charge on any atom is 0.331 e. The van der Waals surface area contributed by atoms with Gasteiger partial charge >= 0.3 is 6.03 Å². The molecule has 2 aromatic heterocycles. The van der Waals surface area contributed by atoms with Gasteiger partial charge in [-0.3, -0.25) is 14.5 Å². The van der Waals surface area contributed by atoms with Crippen molar-refractivity contribution in [3.8, 4) is 11.5 Å². The third-order valence-corrected chi connectivity index (χ3v) is 7.44. The number of para-hydroxylation sites is 1. The van der Waals surface area contributed by atoms with Crippen molar-refractivity contribution in [2.75, 3.05) is 10.2 Å². The smallest absolute Gasteiger partial charge is 0.331 e. The lowest BCUT2D eigenvalue weighted by atomic mass is 9.94. The number of carbonyl (C=O) groups excluding carboxylic acids is 3. The second kappa shape index (κ2) is 9.09. The molecule has 1 fully saturated rings. The monoisotopic (exact) mass is 498 g/mol. The predicted octanol–water partition coefficient (Wildman–Crippen LogP) is 6.01. The highest BCUT2D eigenvalue weighted by molar-refractivity contribution is 7.21. The van der Waals surface area contributed by atoms with Crippen LogP contribution in [0, 0.1) is 0 Å². The van der Waals surface area contributed by atoms with Gasteiger partial charge in [0.15, 0.2) is 0 Å². The van der Waals surface area contributed by atoms with E-state index in [1.54, 1.807) is 17.2 Å². The molecule has 1 aliphatic heterocycles.